The van der Waals surface area contributed by atoms with Crippen molar-refractivity contribution >= 4 is 43.9 Å². The number of aryl methyl sites for hydroxylation is 1. The molecule has 0 fully saturated rings. The maximum absolute atomic E-state index is 13.1. The van der Waals surface area contributed by atoms with Crippen molar-refractivity contribution in [2.45, 2.75) is 13.3 Å². The van der Waals surface area contributed by atoms with Gasteiger partial charge in [0.1, 0.15) is 10.4 Å². The fraction of sp³-hybridized carbons (Fsp3) is 0.167. The highest BCUT2D eigenvalue weighted by Crippen LogP contribution is 2.33. The van der Waals surface area contributed by atoms with Crippen molar-refractivity contribution in [2.75, 3.05) is 11.9 Å². The Morgan fingerprint density at radius 3 is 2.65 bits per heavy atom. The first-order valence-corrected chi connectivity index (χ1v) is 9.73. The SMILES string of the molecule is CCc1nc2ccc(Br)nn2c1N(C)c1nc(-c2ccc(F)cc2)cs1. The van der Waals surface area contributed by atoms with Crippen LogP contribution in [0.3, 0.4) is 0 Å². The molecule has 4 aromatic rings. The van der Waals surface area contributed by atoms with E-state index in [1.165, 1.54) is 23.5 Å². The minimum absolute atomic E-state index is 0.253. The molecule has 0 aliphatic heterocycles. The first kappa shape index (κ1) is 17.1. The summed E-state index contributed by atoms with van der Waals surface area (Å²) in [6.45, 7) is 2.07. The molecule has 8 heteroatoms. The number of imidazole rings is 1. The van der Waals surface area contributed by atoms with E-state index < -0.39 is 0 Å². The Bertz CT molecular complexity index is 1070. The van der Waals surface area contributed by atoms with Gasteiger partial charge < -0.3 is 4.90 Å². The molecule has 0 radical (unpaired) electrons. The van der Waals surface area contributed by atoms with Crippen LogP contribution in [-0.2, 0) is 6.42 Å². The molecule has 3 aromatic heterocycles. The molecule has 0 saturated carbocycles. The molecule has 0 atom stereocenters. The van der Waals surface area contributed by atoms with Crippen LogP contribution in [-0.4, -0.2) is 26.6 Å². The molecule has 4 rings (SSSR count). The fourth-order valence-electron chi connectivity index (χ4n) is 2.78. The molecule has 0 saturated heterocycles. The number of halogens is 2. The number of thiazole rings is 1. The lowest BCUT2D eigenvalue weighted by molar-refractivity contribution is 0.628. The predicted molar refractivity (Wildman–Crippen MR) is 106 cm³/mol. The number of fused-ring (bicyclic) bond motifs is 1. The number of nitrogens with zero attached hydrogens (tertiary/aromatic N) is 5. The Labute approximate surface area is 162 Å². The van der Waals surface area contributed by atoms with E-state index in [9.17, 15) is 4.39 Å². The number of hydrogen-bond donors (Lipinski definition) is 0. The van der Waals surface area contributed by atoms with Crippen molar-refractivity contribution in [1.29, 1.82) is 0 Å². The maximum atomic E-state index is 13.1. The third-order valence-electron chi connectivity index (χ3n) is 4.06. The summed E-state index contributed by atoms with van der Waals surface area (Å²) < 4.78 is 15.7. The van der Waals surface area contributed by atoms with Gasteiger partial charge >= 0.3 is 0 Å². The average Bonchev–Trinajstić information content (AvgIpc) is 3.26. The molecule has 3 heterocycles. The largest absolute Gasteiger partial charge is 0.304 e. The van der Waals surface area contributed by atoms with Crippen LogP contribution in [0.25, 0.3) is 16.9 Å². The maximum Gasteiger partial charge on any atom is 0.191 e. The summed E-state index contributed by atoms with van der Waals surface area (Å²) >= 11 is 4.95. The van der Waals surface area contributed by atoms with Crippen LogP contribution in [0.5, 0.6) is 0 Å². The molecule has 1 aromatic carbocycles. The summed E-state index contributed by atoms with van der Waals surface area (Å²) in [4.78, 5) is 11.4. The minimum Gasteiger partial charge on any atom is -0.304 e. The van der Waals surface area contributed by atoms with Crippen LogP contribution in [0.2, 0.25) is 0 Å². The normalized spacial score (nSPS) is 11.2. The summed E-state index contributed by atoms with van der Waals surface area (Å²) in [5, 5.41) is 7.32. The Hall–Kier alpha value is -2.32. The number of benzene rings is 1. The lowest BCUT2D eigenvalue weighted by Crippen LogP contribution is -2.14. The first-order chi connectivity index (χ1) is 12.6. The second kappa shape index (κ2) is 6.77. The summed E-state index contributed by atoms with van der Waals surface area (Å²) in [6.07, 6.45) is 0.789. The third kappa shape index (κ3) is 2.99. The van der Waals surface area contributed by atoms with Gasteiger partial charge in [-0.2, -0.15) is 9.61 Å². The molecular formula is C18H15BrFN5S. The standard InChI is InChI=1S/C18H15BrFN5S/c1-3-13-17(25-16(21-13)9-8-15(19)23-25)24(2)18-22-14(10-26-18)11-4-6-12(20)7-5-11/h4-10H,3H2,1-2H3. The second-order valence-corrected chi connectivity index (χ2v) is 7.39. The highest BCUT2D eigenvalue weighted by molar-refractivity contribution is 9.10. The van der Waals surface area contributed by atoms with Crippen molar-refractivity contribution in [3.8, 4) is 11.3 Å². The van der Waals surface area contributed by atoms with E-state index in [1.54, 1.807) is 12.1 Å². The van der Waals surface area contributed by atoms with Crippen LogP contribution in [0.1, 0.15) is 12.6 Å². The van der Waals surface area contributed by atoms with Crippen LogP contribution in [0.4, 0.5) is 15.3 Å². The van der Waals surface area contributed by atoms with E-state index in [2.05, 4.69) is 32.9 Å². The van der Waals surface area contributed by atoms with E-state index in [4.69, 9.17) is 4.98 Å². The van der Waals surface area contributed by atoms with Gasteiger partial charge in [0, 0.05) is 18.0 Å². The summed E-state index contributed by atoms with van der Waals surface area (Å²) in [5.41, 5.74) is 3.45. The Balaban J connectivity index is 1.76. The Kier molecular flexibility index (Phi) is 4.46. The fourth-order valence-corrected chi connectivity index (χ4v) is 3.87. The van der Waals surface area contributed by atoms with Gasteiger partial charge in [-0.05, 0) is 58.7 Å². The zero-order valence-corrected chi connectivity index (χ0v) is 16.6. The van der Waals surface area contributed by atoms with E-state index in [0.717, 1.165) is 44.6 Å². The molecule has 0 amide bonds. The highest BCUT2D eigenvalue weighted by atomic mass is 79.9. The van der Waals surface area contributed by atoms with Gasteiger partial charge in [-0.3, -0.25) is 0 Å². The van der Waals surface area contributed by atoms with Crippen LogP contribution < -0.4 is 4.90 Å². The molecule has 132 valence electrons. The van der Waals surface area contributed by atoms with Crippen molar-refractivity contribution in [1.82, 2.24) is 19.6 Å². The predicted octanol–water partition coefficient (Wildman–Crippen LogP) is 5.08. The number of anilines is 2. The summed E-state index contributed by atoms with van der Waals surface area (Å²) in [7, 11) is 1.96. The van der Waals surface area contributed by atoms with E-state index in [0.29, 0.717) is 0 Å². The van der Waals surface area contributed by atoms with E-state index >= 15 is 0 Å². The number of rotatable bonds is 4. The molecule has 5 nitrogen and oxygen atoms in total. The van der Waals surface area contributed by atoms with Crippen LogP contribution in [0, 0.1) is 5.82 Å². The molecule has 0 aliphatic carbocycles. The lowest BCUT2D eigenvalue weighted by Gasteiger charge is -2.16. The number of aromatic nitrogens is 4. The molecule has 0 spiro atoms. The van der Waals surface area contributed by atoms with E-state index in [-0.39, 0.29) is 5.82 Å². The van der Waals surface area contributed by atoms with Crippen molar-refractivity contribution in [2.24, 2.45) is 0 Å². The smallest absolute Gasteiger partial charge is 0.191 e. The molecular weight excluding hydrogens is 417 g/mol. The van der Waals surface area contributed by atoms with Gasteiger partial charge in [0.2, 0.25) is 0 Å². The lowest BCUT2D eigenvalue weighted by atomic mass is 10.2. The molecule has 0 N–H and O–H groups in total. The summed E-state index contributed by atoms with van der Waals surface area (Å²) in [6, 6.07) is 10.2. The van der Waals surface area contributed by atoms with Gasteiger partial charge in [0.15, 0.2) is 16.6 Å². The quantitative estimate of drug-likeness (QED) is 0.451. The van der Waals surface area contributed by atoms with Crippen molar-refractivity contribution in [3.05, 3.63) is 57.9 Å². The zero-order valence-electron chi connectivity index (χ0n) is 14.1. The van der Waals surface area contributed by atoms with Gasteiger partial charge in [0.05, 0.1) is 11.4 Å². The Morgan fingerprint density at radius 2 is 1.92 bits per heavy atom. The Morgan fingerprint density at radius 1 is 1.15 bits per heavy atom. The average molecular weight is 432 g/mol. The second-order valence-electron chi connectivity index (χ2n) is 5.74. The molecule has 0 aliphatic rings. The summed E-state index contributed by atoms with van der Waals surface area (Å²) in [5.74, 6) is 0.639. The zero-order chi connectivity index (χ0) is 18.3. The number of hydrogen-bond acceptors (Lipinski definition) is 5. The van der Waals surface area contributed by atoms with E-state index in [1.807, 2.05) is 34.0 Å². The van der Waals surface area contributed by atoms with Gasteiger partial charge in [-0.1, -0.05) is 6.92 Å². The molecule has 0 unspecified atom stereocenters. The van der Waals surface area contributed by atoms with Crippen LogP contribution in [0.15, 0.2) is 46.4 Å². The van der Waals surface area contributed by atoms with Crippen molar-refractivity contribution < 1.29 is 4.39 Å². The van der Waals surface area contributed by atoms with Gasteiger partial charge in [-0.25, -0.2) is 14.4 Å². The van der Waals surface area contributed by atoms with Gasteiger partial charge in [0.25, 0.3) is 0 Å². The molecule has 0 bridgehead atoms. The van der Waals surface area contributed by atoms with Gasteiger partial charge in [-0.15, -0.1) is 11.3 Å². The highest BCUT2D eigenvalue weighted by Gasteiger charge is 2.20. The first-order valence-electron chi connectivity index (χ1n) is 8.06. The monoisotopic (exact) mass is 431 g/mol. The van der Waals surface area contributed by atoms with Crippen molar-refractivity contribution in [3.63, 3.8) is 0 Å². The molecule has 26 heavy (non-hydrogen) atoms. The van der Waals surface area contributed by atoms with Crippen LogP contribution >= 0.6 is 27.3 Å². The topological polar surface area (TPSA) is 46.3 Å². The minimum atomic E-state index is -0.253. The third-order valence-corrected chi connectivity index (χ3v) is 5.40.